The number of hydrogen-bond acceptors (Lipinski definition) is 1. The Bertz CT molecular complexity index is 428. The number of amides is 1. The Morgan fingerprint density at radius 3 is 2.56 bits per heavy atom. The highest BCUT2D eigenvalue weighted by atomic mass is 16.2. The van der Waals surface area contributed by atoms with Crippen molar-refractivity contribution in [1.29, 1.82) is 0 Å². The zero-order valence-corrected chi connectivity index (χ0v) is 11.0. The minimum Gasteiger partial charge on any atom is -0.312 e. The molecule has 0 heterocycles. The predicted molar refractivity (Wildman–Crippen MR) is 73.4 cm³/mol. The van der Waals surface area contributed by atoms with Crippen molar-refractivity contribution in [2.45, 2.75) is 32.6 Å². The molecule has 2 heteroatoms. The number of carbonyl (C=O) groups excluding carboxylic acids is 1. The Hall–Kier alpha value is -1.31. The van der Waals surface area contributed by atoms with Gasteiger partial charge >= 0.3 is 0 Å². The van der Waals surface area contributed by atoms with Gasteiger partial charge in [0.25, 0.3) is 0 Å². The molecule has 2 nitrogen and oxygen atoms in total. The molecule has 3 rings (SSSR count). The second-order valence-electron chi connectivity index (χ2n) is 5.70. The molecule has 0 radical (unpaired) electrons. The summed E-state index contributed by atoms with van der Waals surface area (Å²) in [6, 6.07) is 10.1. The van der Waals surface area contributed by atoms with Gasteiger partial charge < -0.3 is 4.90 Å². The second kappa shape index (κ2) is 4.75. The van der Waals surface area contributed by atoms with E-state index >= 15 is 0 Å². The highest BCUT2D eigenvalue weighted by Gasteiger charge is 2.44. The summed E-state index contributed by atoms with van der Waals surface area (Å²) in [5.74, 6) is 2.15. The monoisotopic (exact) mass is 243 g/mol. The van der Waals surface area contributed by atoms with Crippen molar-refractivity contribution in [3.8, 4) is 0 Å². The van der Waals surface area contributed by atoms with Gasteiger partial charge in [0.2, 0.25) is 5.91 Å². The van der Waals surface area contributed by atoms with Crippen LogP contribution >= 0.6 is 0 Å². The number of fused-ring (bicyclic) bond motifs is 2. The number of anilines is 1. The molecule has 1 aromatic carbocycles. The van der Waals surface area contributed by atoms with Crippen molar-refractivity contribution in [3.63, 3.8) is 0 Å². The third kappa shape index (κ3) is 1.94. The van der Waals surface area contributed by atoms with E-state index in [9.17, 15) is 4.79 Å². The Kier molecular flexibility index (Phi) is 3.11. The smallest absolute Gasteiger partial charge is 0.230 e. The maximum Gasteiger partial charge on any atom is 0.230 e. The number of benzene rings is 1. The number of carbonyl (C=O) groups is 1. The number of para-hydroxylation sites is 1. The van der Waals surface area contributed by atoms with E-state index in [-0.39, 0.29) is 0 Å². The zero-order chi connectivity index (χ0) is 12.5. The number of hydrogen-bond donors (Lipinski definition) is 0. The Morgan fingerprint density at radius 1 is 1.22 bits per heavy atom. The van der Waals surface area contributed by atoms with Crippen LogP contribution in [0.3, 0.4) is 0 Å². The van der Waals surface area contributed by atoms with Crippen molar-refractivity contribution >= 4 is 11.6 Å². The first-order chi connectivity index (χ1) is 8.79. The molecule has 1 amide bonds. The van der Waals surface area contributed by atoms with E-state index < -0.39 is 0 Å². The van der Waals surface area contributed by atoms with Gasteiger partial charge in [-0.05, 0) is 50.2 Å². The average molecular weight is 243 g/mol. The summed E-state index contributed by atoms with van der Waals surface area (Å²) >= 11 is 0. The van der Waals surface area contributed by atoms with Crippen LogP contribution in [0.25, 0.3) is 0 Å². The van der Waals surface area contributed by atoms with Gasteiger partial charge in [0.15, 0.2) is 0 Å². The molecule has 0 spiro atoms. The average Bonchev–Trinajstić information content (AvgIpc) is 3.03. The number of nitrogens with zero attached hydrogens (tertiary/aromatic N) is 1. The largest absolute Gasteiger partial charge is 0.312 e. The van der Waals surface area contributed by atoms with Crippen LogP contribution in [0.4, 0.5) is 5.69 Å². The van der Waals surface area contributed by atoms with Crippen LogP contribution < -0.4 is 4.90 Å². The van der Waals surface area contributed by atoms with Crippen LogP contribution in [0.15, 0.2) is 30.3 Å². The molecule has 0 N–H and O–H groups in total. The normalized spacial score (nSPS) is 29.5. The Morgan fingerprint density at radius 2 is 2.00 bits per heavy atom. The summed E-state index contributed by atoms with van der Waals surface area (Å²) < 4.78 is 0. The molecule has 3 atom stereocenters. The van der Waals surface area contributed by atoms with Crippen molar-refractivity contribution in [2.24, 2.45) is 17.8 Å². The number of rotatable bonds is 3. The first-order valence-corrected chi connectivity index (χ1v) is 7.16. The molecule has 3 unspecified atom stereocenters. The van der Waals surface area contributed by atoms with Gasteiger partial charge in [-0.25, -0.2) is 0 Å². The van der Waals surface area contributed by atoms with E-state index in [1.807, 2.05) is 35.2 Å². The van der Waals surface area contributed by atoms with Crippen LogP contribution in [0.2, 0.25) is 0 Å². The van der Waals surface area contributed by atoms with Gasteiger partial charge in [0, 0.05) is 18.2 Å². The van der Waals surface area contributed by atoms with E-state index in [4.69, 9.17) is 0 Å². The lowest BCUT2D eigenvalue weighted by Crippen LogP contribution is -2.38. The summed E-state index contributed by atoms with van der Waals surface area (Å²) in [6.07, 6.45) is 5.05. The van der Waals surface area contributed by atoms with Crippen LogP contribution in [-0.2, 0) is 4.79 Å². The zero-order valence-electron chi connectivity index (χ0n) is 11.0. The Balaban J connectivity index is 1.78. The minimum absolute atomic E-state index is 0.295. The summed E-state index contributed by atoms with van der Waals surface area (Å²) in [5.41, 5.74) is 1.05. The van der Waals surface area contributed by atoms with E-state index in [0.717, 1.165) is 24.6 Å². The van der Waals surface area contributed by atoms with Gasteiger partial charge in [0.1, 0.15) is 0 Å². The third-order valence-electron chi connectivity index (χ3n) is 4.71. The maximum absolute atomic E-state index is 12.7. The molecule has 96 valence electrons. The fourth-order valence-corrected chi connectivity index (χ4v) is 3.82. The first kappa shape index (κ1) is 11.8. The first-order valence-electron chi connectivity index (χ1n) is 7.16. The maximum atomic E-state index is 12.7. The molecule has 1 aromatic rings. The fourth-order valence-electron chi connectivity index (χ4n) is 3.82. The molecule has 2 saturated carbocycles. The van der Waals surface area contributed by atoms with E-state index in [1.54, 1.807) is 0 Å². The molecule has 2 aliphatic carbocycles. The quantitative estimate of drug-likeness (QED) is 0.796. The van der Waals surface area contributed by atoms with E-state index in [0.29, 0.717) is 17.7 Å². The molecule has 2 bridgehead atoms. The highest BCUT2D eigenvalue weighted by molar-refractivity contribution is 5.95. The SMILES string of the molecule is CCN(C(=O)C1CC2CCC1C2)c1ccccc1. The predicted octanol–water partition coefficient (Wildman–Crippen LogP) is 3.48. The summed E-state index contributed by atoms with van der Waals surface area (Å²) in [7, 11) is 0. The van der Waals surface area contributed by atoms with E-state index in [2.05, 4.69) is 6.92 Å². The lowest BCUT2D eigenvalue weighted by atomic mass is 9.87. The molecule has 0 aromatic heterocycles. The summed E-state index contributed by atoms with van der Waals surface area (Å²) in [6.45, 7) is 2.84. The van der Waals surface area contributed by atoms with Crippen LogP contribution in [0, 0.1) is 17.8 Å². The lowest BCUT2D eigenvalue weighted by molar-refractivity contribution is -0.123. The van der Waals surface area contributed by atoms with Crippen molar-refractivity contribution < 1.29 is 4.79 Å². The third-order valence-corrected chi connectivity index (χ3v) is 4.71. The topological polar surface area (TPSA) is 20.3 Å². The van der Waals surface area contributed by atoms with Gasteiger partial charge in [0.05, 0.1) is 0 Å². The Labute approximate surface area is 109 Å². The van der Waals surface area contributed by atoms with Crippen molar-refractivity contribution in [3.05, 3.63) is 30.3 Å². The second-order valence-corrected chi connectivity index (χ2v) is 5.70. The van der Waals surface area contributed by atoms with Crippen LogP contribution in [-0.4, -0.2) is 12.5 Å². The fraction of sp³-hybridized carbons (Fsp3) is 0.562. The van der Waals surface area contributed by atoms with Crippen molar-refractivity contribution in [1.82, 2.24) is 0 Å². The van der Waals surface area contributed by atoms with Gasteiger partial charge in [-0.1, -0.05) is 24.6 Å². The van der Waals surface area contributed by atoms with Crippen molar-refractivity contribution in [2.75, 3.05) is 11.4 Å². The molecular formula is C16H21NO. The van der Waals surface area contributed by atoms with Gasteiger partial charge in [-0.2, -0.15) is 0 Å². The lowest BCUT2D eigenvalue weighted by Gasteiger charge is -2.28. The summed E-state index contributed by atoms with van der Waals surface area (Å²) in [5, 5.41) is 0. The standard InChI is InChI=1S/C16H21NO/c1-2-17(14-6-4-3-5-7-14)16(18)15-11-12-8-9-13(15)10-12/h3-7,12-13,15H,2,8-11H2,1H3. The highest BCUT2D eigenvalue weighted by Crippen LogP contribution is 2.49. The van der Waals surface area contributed by atoms with Crippen LogP contribution in [0.5, 0.6) is 0 Å². The van der Waals surface area contributed by atoms with Crippen LogP contribution in [0.1, 0.15) is 32.6 Å². The molecule has 0 saturated heterocycles. The van der Waals surface area contributed by atoms with E-state index in [1.165, 1.54) is 19.3 Å². The molecule has 18 heavy (non-hydrogen) atoms. The van der Waals surface area contributed by atoms with Gasteiger partial charge in [-0.3, -0.25) is 4.79 Å². The molecule has 2 aliphatic rings. The summed E-state index contributed by atoms with van der Waals surface area (Å²) in [4.78, 5) is 14.7. The molecule has 0 aliphatic heterocycles. The van der Waals surface area contributed by atoms with Gasteiger partial charge in [-0.15, -0.1) is 0 Å². The molecular weight excluding hydrogens is 222 g/mol. The molecule has 2 fully saturated rings. The minimum atomic E-state index is 0.295.